The SMILES string of the molecule is Cc1ccc(-n2nnnc2CN2CCN(C(=O)C(C)Oc3cccc4c3OC(C)(C)C4)CC2)cc1. The second-order valence-electron chi connectivity index (χ2n) is 9.99. The van der Waals surface area contributed by atoms with Crippen LogP contribution in [-0.2, 0) is 17.8 Å². The van der Waals surface area contributed by atoms with Crippen molar-refractivity contribution in [3.63, 3.8) is 0 Å². The minimum atomic E-state index is -0.589. The van der Waals surface area contributed by atoms with Crippen molar-refractivity contribution in [1.82, 2.24) is 30.0 Å². The number of tetrazole rings is 1. The Hall–Kier alpha value is -3.46. The van der Waals surface area contributed by atoms with E-state index in [9.17, 15) is 4.79 Å². The first-order valence-electron chi connectivity index (χ1n) is 12.1. The van der Waals surface area contributed by atoms with Crippen molar-refractivity contribution in [2.45, 2.75) is 52.4 Å². The van der Waals surface area contributed by atoms with E-state index < -0.39 is 6.10 Å². The highest BCUT2D eigenvalue weighted by Gasteiger charge is 2.34. The highest BCUT2D eigenvalue weighted by molar-refractivity contribution is 5.81. The Morgan fingerprint density at radius 2 is 1.86 bits per heavy atom. The molecule has 0 aliphatic carbocycles. The van der Waals surface area contributed by atoms with Crippen LogP contribution in [0.1, 0.15) is 37.7 Å². The number of nitrogens with zero attached hydrogens (tertiary/aromatic N) is 6. The van der Waals surface area contributed by atoms with E-state index in [1.165, 1.54) is 5.56 Å². The van der Waals surface area contributed by atoms with Crippen LogP contribution < -0.4 is 9.47 Å². The van der Waals surface area contributed by atoms with Gasteiger partial charge in [-0.2, -0.15) is 4.68 Å². The molecule has 1 aromatic heterocycles. The molecule has 1 amide bonds. The Morgan fingerprint density at radius 3 is 2.60 bits per heavy atom. The number of rotatable bonds is 6. The van der Waals surface area contributed by atoms with Gasteiger partial charge in [0.1, 0.15) is 5.60 Å². The van der Waals surface area contributed by atoms with Gasteiger partial charge >= 0.3 is 0 Å². The van der Waals surface area contributed by atoms with Crippen LogP contribution in [0.4, 0.5) is 0 Å². The number of piperazine rings is 1. The number of aromatic nitrogens is 4. The van der Waals surface area contributed by atoms with E-state index in [1.807, 2.05) is 48.2 Å². The fourth-order valence-electron chi connectivity index (χ4n) is 4.70. The van der Waals surface area contributed by atoms with Crippen LogP contribution in [-0.4, -0.2) is 73.8 Å². The van der Waals surface area contributed by atoms with E-state index in [0.29, 0.717) is 25.4 Å². The average Bonchev–Trinajstić information content (AvgIpc) is 3.42. The van der Waals surface area contributed by atoms with E-state index in [-0.39, 0.29) is 11.5 Å². The predicted octanol–water partition coefficient (Wildman–Crippen LogP) is 2.80. The summed E-state index contributed by atoms with van der Waals surface area (Å²) in [6, 6.07) is 14.0. The molecule has 3 heterocycles. The van der Waals surface area contributed by atoms with Gasteiger partial charge in [-0.3, -0.25) is 9.69 Å². The molecule has 0 spiro atoms. The molecule has 1 saturated heterocycles. The second kappa shape index (κ2) is 9.30. The predicted molar refractivity (Wildman–Crippen MR) is 131 cm³/mol. The number of para-hydroxylation sites is 1. The molecule has 0 radical (unpaired) electrons. The summed E-state index contributed by atoms with van der Waals surface area (Å²) in [5.41, 5.74) is 2.99. The van der Waals surface area contributed by atoms with Crippen LogP contribution in [0.15, 0.2) is 42.5 Å². The number of fused-ring (bicyclic) bond motifs is 1. The number of aryl methyl sites for hydroxylation is 1. The fourth-order valence-corrected chi connectivity index (χ4v) is 4.70. The summed E-state index contributed by atoms with van der Waals surface area (Å²) in [6.07, 6.45) is 0.242. The van der Waals surface area contributed by atoms with Crippen molar-refractivity contribution in [2.75, 3.05) is 26.2 Å². The number of ether oxygens (including phenoxy) is 2. The summed E-state index contributed by atoms with van der Waals surface area (Å²) in [5.74, 6) is 2.17. The first-order valence-corrected chi connectivity index (χ1v) is 12.1. The van der Waals surface area contributed by atoms with Gasteiger partial charge in [-0.1, -0.05) is 29.8 Å². The van der Waals surface area contributed by atoms with Crippen LogP contribution in [0.3, 0.4) is 0 Å². The quantitative estimate of drug-likeness (QED) is 0.541. The Morgan fingerprint density at radius 1 is 1.11 bits per heavy atom. The maximum atomic E-state index is 13.1. The molecule has 9 heteroatoms. The third-order valence-electron chi connectivity index (χ3n) is 6.57. The number of carbonyl (C=O) groups excluding carboxylic acids is 1. The zero-order valence-electron chi connectivity index (χ0n) is 20.8. The normalized spacial score (nSPS) is 18.1. The second-order valence-corrected chi connectivity index (χ2v) is 9.99. The van der Waals surface area contributed by atoms with E-state index >= 15 is 0 Å². The molecule has 0 N–H and O–H groups in total. The smallest absolute Gasteiger partial charge is 0.263 e. The minimum absolute atomic E-state index is 0.0102. The number of amides is 1. The van der Waals surface area contributed by atoms with Crippen molar-refractivity contribution >= 4 is 5.91 Å². The molecular weight excluding hydrogens is 444 g/mol. The maximum Gasteiger partial charge on any atom is 0.263 e. The van der Waals surface area contributed by atoms with Crippen molar-refractivity contribution in [1.29, 1.82) is 0 Å². The average molecular weight is 477 g/mol. The molecule has 5 rings (SSSR count). The van der Waals surface area contributed by atoms with Crippen molar-refractivity contribution in [2.24, 2.45) is 0 Å². The van der Waals surface area contributed by atoms with Crippen molar-refractivity contribution in [3.05, 3.63) is 59.4 Å². The number of hydrogen-bond acceptors (Lipinski definition) is 7. The Balaban J connectivity index is 1.17. The van der Waals surface area contributed by atoms with Gasteiger partial charge in [-0.05, 0) is 56.3 Å². The fraction of sp³-hybridized carbons (Fsp3) is 0.462. The first kappa shape index (κ1) is 23.3. The van der Waals surface area contributed by atoms with Crippen LogP contribution >= 0.6 is 0 Å². The molecule has 9 nitrogen and oxygen atoms in total. The Kier molecular flexibility index (Phi) is 6.19. The summed E-state index contributed by atoms with van der Waals surface area (Å²) in [4.78, 5) is 17.3. The van der Waals surface area contributed by atoms with Crippen molar-refractivity contribution < 1.29 is 14.3 Å². The van der Waals surface area contributed by atoms with Gasteiger partial charge in [0, 0.05) is 38.2 Å². The van der Waals surface area contributed by atoms with Crippen LogP contribution in [0.2, 0.25) is 0 Å². The number of carbonyl (C=O) groups is 1. The maximum absolute atomic E-state index is 13.1. The van der Waals surface area contributed by atoms with Crippen LogP contribution in [0.5, 0.6) is 11.5 Å². The lowest BCUT2D eigenvalue weighted by molar-refractivity contribution is -0.139. The number of hydrogen-bond donors (Lipinski definition) is 0. The largest absolute Gasteiger partial charge is 0.483 e. The molecule has 1 unspecified atom stereocenters. The lowest BCUT2D eigenvalue weighted by Crippen LogP contribution is -2.51. The summed E-state index contributed by atoms with van der Waals surface area (Å²) in [6.45, 7) is 11.4. The van der Waals surface area contributed by atoms with Gasteiger partial charge in [0.2, 0.25) is 0 Å². The molecule has 184 valence electrons. The van der Waals surface area contributed by atoms with Gasteiger partial charge in [-0.25, -0.2) is 0 Å². The third kappa shape index (κ3) is 5.00. The monoisotopic (exact) mass is 476 g/mol. The van der Waals surface area contributed by atoms with E-state index in [4.69, 9.17) is 9.47 Å². The summed E-state index contributed by atoms with van der Waals surface area (Å²) >= 11 is 0. The summed E-state index contributed by atoms with van der Waals surface area (Å²) in [7, 11) is 0. The third-order valence-corrected chi connectivity index (χ3v) is 6.57. The molecule has 35 heavy (non-hydrogen) atoms. The summed E-state index contributed by atoms with van der Waals surface area (Å²) < 4.78 is 14.0. The van der Waals surface area contributed by atoms with Crippen LogP contribution in [0, 0.1) is 6.92 Å². The minimum Gasteiger partial charge on any atom is -0.483 e. The molecule has 3 aromatic rings. The van der Waals surface area contributed by atoms with Gasteiger partial charge in [-0.15, -0.1) is 5.10 Å². The van der Waals surface area contributed by atoms with Gasteiger partial charge < -0.3 is 14.4 Å². The lowest BCUT2D eigenvalue weighted by Gasteiger charge is -2.35. The highest BCUT2D eigenvalue weighted by Crippen LogP contribution is 2.42. The topological polar surface area (TPSA) is 85.6 Å². The highest BCUT2D eigenvalue weighted by atomic mass is 16.5. The standard InChI is InChI=1S/C26H32N6O3/c1-18-8-10-21(11-9-18)32-23(27-28-29-32)17-30-12-14-31(15-13-30)25(33)19(2)34-22-7-5-6-20-16-26(3,4)35-24(20)22/h5-11,19H,12-17H2,1-4H3. The van der Waals surface area contributed by atoms with E-state index in [2.05, 4.69) is 47.3 Å². The molecule has 2 aliphatic heterocycles. The zero-order chi connectivity index (χ0) is 24.6. The molecule has 0 bridgehead atoms. The molecule has 1 fully saturated rings. The lowest BCUT2D eigenvalue weighted by atomic mass is 10.0. The summed E-state index contributed by atoms with van der Waals surface area (Å²) in [5, 5.41) is 12.3. The van der Waals surface area contributed by atoms with E-state index in [0.717, 1.165) is 42.3 Å². The van der Waals surface area contributed by atoms with E-state index in [1.54, 1.807) is 4.68 Å². The Labute approximate surface area is 205 Å². The molecule has 0 saturated carbocycles. The first-order chi connectivity index (χ1) is 16.8. The van der Waals surface area contributed by atoms with Gasteiger partial charge in [0.25, 0.3) is 5.91 Å². The molecule has 2 aliphatic rings. The Bertz CT molecular complexity index is 1200. The molecular formula is C26H32N6O3. The van der Waals surface area contributed by atoms with Crippen LogP contribution in [0.25, 0.3) is 5.69 Å². The van der Waals surface area contributed by atoms with Crippen molar-refractivity contribution in [3.8, 4) is 17.2 Å². The molecule has 2 aromatic carbocycles. The van der Waals surface area contributed by atoms with Gasteiger partial charge in [0.15, 0.2) is 23.4 Å². The number of benzene rings is 2. The van der Waals surface area contributed by atoms with Gasteiger partial charge in [0.05, 0.1) is 12.2 Å². The zero-order valence-corrected chi connectivity index (χ0v) is 20.8. The molecule has 1 atom stereocenters.